The quantitative estimate of drug-likeness (QED) is 0.702. The predicted octanol–water partition coefficient (Wildman–Crippen LogP) is 1.64. The van der Waals surface area contributed by atoms with Crippen LogP contribution in [-0.2, 0) is 6.61 Å². The van der Waals surface area contributed by atoms with Gasteiger partial charge in [0.05, 0.1) is 12.3 Å². The molecule has 0 saturated carbocycles. The molecule has 54 valence electrons. The zero-order chi connectivity index (χ0) is 7.56. The average Bonchev–Trinajstić information content (AvgIpc) is 1.85. The lowest BCUT2D eigenvalue weighted by Crippen LogP contribution is -1.89. The molecule has 0 amide bonds. The fourth-order valence-electron chi connectivity index (χ4n) is 0.775. The van der Waals surface area contributed by atoms with E-state index >= 15 is 0 Å². The second-order valence-electron chi connectivity index (χ2n) is 2.12. The van der Waals surface area contributed by atoms with Crippen LogP contribution in [0, 0.1) is 6.92 Å². The van der Waals surface area contributed by atoms with Crippen molar-refractivity contribution in [3.8, 4) is 0 Å². The molecule has 1 rings (SSSR count). The lowest BCUT2D eigenvalue weighted by atomic mass is 10.2. The van der Waals surface area contributed by atoms with Crippen molar-refractivity contribution < 1.29 is 5.11 Å². The topological polar surface area (TPSA) is 33.1 Å². The van der Waals surface area contributed by atoms with Crippen molar-refractivity contribution >= 4 is 15.9 Å². The van der Waals surface area contributed by atoms with E-state index in [0.717, 1.165) is 10.2 Å². The first kappa shape index (κ1) is 7.69. The molecule has 0 bridgehead atoms. The summed E-state index contributed by atoms with van der Waals surface area (Å²) in [5.41, 5.74) is 1.80. The van der Waals surface area contributed by atoms with Gasteiger partial charge < -0.3 is 5.11 Å². The number of aliphatic hydroxyl groups excluding tert-OH is 1. The zero-order valence-corrected chi connectivity index (χ0v) is 7.22. The van der Waals surface area contributed by atoms with Crippen molar-refractivity contribution in [1.82, 2.24) is 4.98 Å². The Labute approximate surface area is 68.0 Å². The summed E-state index contributed by atoms with van der Waals surface area (Å²) in [7, 11) is 0. The van der Waals surface area contributed by atoms with Crippen molar-refractivity contribution in [1.29, 1.82) is 0 Å². The summed E-state index contributed by atoms with van der Waals surface area (Å²) >= 11 is 3.23. The van der Waals surface area contributed by atoms with Crippen LogP contribution in [-0.4, -0.2) is 10.1 Å². The number of nitrogens with zero attached hydrogens (tertiary/aromatic N) is 1. The third-order valence-electron chi connectivity index (χ3n) is 1.15. The van der Waals surface area contributed by atoms with Crippen molar-refractivity contribution in [3.05, 3.63) is 28.0 Å². The SMILES string of the molecule is Cc1cc(Br)nc(CO)c1. The van der Waals surface area contributed by atoms with Crippen LogP contribution in [0.5, 0.6) is 0 Å². The summed E-state index contributed by atoms with van der Waals surface area (Å²) in [6.45, 7) is 1.96. The summed E-state index contributed by atoms with van der Waals surface area (Å²) in [5, 5.41) is 8.70. The molecule has 1 aromatic heterocycles. The number of aryl methyl sites for hydroxylation is 1. The second-order valence-corrected chi connectivity index (χ2v) is 2.93. The molecule has 1 N–H and O–H groups in total. The highest BCUT2D eigenvalue weighted by Crippen LogP contribution is 2.10. The highest BCUT2D eigenvalue weighted by molar-refractivity contribution is 9.10. The number of hydrogen-bond donors (Lipinski definition) is 1. The molecular formula is C7H8BrNO. The maximum absolute atomic E-state index is 8.70. The first-order valence-electron chi connectivity index (χ1n) is 2.96. The van der Waals surface area contributed by atoms with Gasteiger partial charge in [0.2, 0.25) is 0 Å². The van der Waals surface area contributed by atoms with Gasteiger partial charge in [-0.05, 0) is 40.5 Å². The molecule has 0 aliphatic rings. The normalized spacial score (nSPS) is 9.90. The van der Waals surface area contributed by atoms with Gasteiger partial charge in [-0.25, -0.2) is 4.98 Å². The highest BCUT2D eigenvalue weighted by Gasteiger charge is 1.94. The van der Waals surface area contributed by atoms with E-state index in [1.54, 1.807) is 0 Å². The molecule has 1 heterocycles. The minimum atomic E-state index is 0.000278. The highest BCUT2D eigenvalue weighted by atomic mass is 79.9. The lowest BCUT2D eigenvalue weighted by molar-refractivity contribution is 0.276. The fourth-order valence-corrected chi connectivity index (χ4v) is 1.36. The van der Waals surface area contributed by atoms with E-state index in [4.69, 9.17) is 5.11 Å². The van der Waals surface area contributed by atoms with Crippen LogP contribution in [0.4, 0.5) is 0 Å². The van der Waals surface area contributed by atoms with Crippen LogP contribution in [0.1, 0.15) is 11.3 Å². The predicted molar refractivity (Wildman–Crippen MR) is 42.6 cm³/mol. The molecule has 0 atom stereocenters. The number of hydrogen-bond acceptors (Lipinski definition) is 2. The van der Waals surface area contributed by atoms with Gasteiger partial charge in [-0.1, -0.05) is 0 Å². The standard InChI is InChI=1S/C7H8BrNO/c1-5-2-6(4-10)9-7(8)3-5/h2-3,10H,4H2,1H3. The number of halogens is 1. The van der Waals surface area contributed by atoms with Gasteiger partial charge in [-0.2, -0.15) is 0 Å². The molecule has 0 aliphatic heterocycles. The molecule has 0 aromatic carbocycles. The number of pyridine rings is 1. The van der Waals surface area contributed by atoms with Gasteiger partial charge in [-0.3, -0.25) is 0 Å². The van der Waals surface area contributed by atoms with Crippen molar-refractivity contribution in [2.75, 3.05) is 0 Å². The molecule has 2 nitrogen and oxygen atoms in total. The Kier molecular flexibility index (Phi) is 2.40. The number of aromatic nitrogens is 1. The maximum Gasteiger partial charge on any atom is 0.106 e. The maximum atomic E-state index is 8.70. The summed E-state index contributed by atoms with van der Waals surface area (Å²) in [5.74, 6) is 0. The molecule has 0 fully saturated rings. The lowest BCUT2D eigenvalue weighted by Gasteiger charge is -1.97. The summed E-state index contributed by atoms with van der Waals surface area (Å²) < 4.78 is 0.775. The van der Waals surface area contributed by atoms with Gasteiger partial charge >= 0.3 is 0 Å². The Hall–Kier alpha value is -0.410. The minimum Gasteiger partial charge on any atom is -0.390 e. The molecule has 1 aromatic rings. The van der Waals surface area contributed by atoms with Crippen LogP contribution >= 0.6 is 15.9 Å². The van der Waals surface area contributed by atoms with E-state index < -0.39 is 0 Å². The van der Waals surface area contributed by atoms with E-state index in [1.165, 1.54) is 0 Å². The van der Waals surface area contributed by atoms with Crippen LogP contribution in [0.3, 0.4) is 0 Å². The third kappa shape index (κ3) is 1.78. The second kappa shape index (κ2) is 3.12. The van der Waals surface area contributed by atoms with Gasteiger partial charge in [0, 0.05) is 0 Å². The summed E-state index contributed by atoms with van der Waals surface area (Å²) in [6.07, 6.45) is 0. The van der Waals surface area contributed by atoms with Crippen molar-refractivity contribution in [2.24, 2.45) is 0 Å². The molecule has 10 heavy (non-hydrogen) atoms. The summed E-state index contributed by atoms with van der Waals surface area (Å²) in [6, 6.07) is 3.75. The number of rotatable bonds is 1. The Balaban J connectivity index is 3.06. The average molecular weight is 202 g/mol. The molecule has 0 radical (unpaired) electrons. The van der Waals surface area contributed by atoms with E-state index in [2.05, 4.69) is 20.9 Å². The third-order valence-corrected chi connectivity index (χ3v) is 1.56. The van der Waals surface area contributed by atoms with Crippen LogP contribution in [0.2, 0.25) is 0 Å². The van der Waals surface area contributed by atoms with Gasteiger partial charge in [0.15, 0.2) is 0 Å². The van der Waals surface area contributed by atoms with Crippen LogP contribution < -0.4 is 0 Å². The van der Waals surface area contributed by atoms with Gasteiger partial charge in [0.1, 0.15) is 4.60 Å². The van der Waals surface area contributed by atoms with Crippen molar-refractivity contribution in [2.45, 2.75) is 13.5 Å². The first-order valence-corrected chi connectivity index (χ1v) is 3.75. The molecule has 0 saturated heterocycles. The van der Waals surface area contributed by atoms with Crippen molar-refractivity contribution in [3.63, 3.8) is 0 Å². The minimum absolute atomic E-state index is 0.000278. The molecular weight excluding hydrogens is 194 g/mol. The molecule has 0 aliphatic carbocycles. The van der Waals surface area contributed by atoms with Crippen LogP contribution in [0.15, 0.2) is 16.7 Å². The smallest absolute Gasteiger partial charge is 0.106 e. The number of aliphatic hydroxyl groups is 1. The Bertz CT molecular complexity index is 217. The Morgan fingerprint density at radius 2 is 2.30 bits per heavy atom. The Morgan fingerprint density at radius 3 is 2.80 bits per heavy atom. The Morgan fingerprint density at radius 1 is 1.60 bits per heavy atom. The molecule has 0 spiro atoms. The van der Waals surface area contributed by atoms with Crippen LogP contribution in [0.25, 0.3) is 0 Å². The van der Waals surface area contributed by atoms with E-state index in [9.17, 15) is 0 Å². The van der Waals surface area contributed by atoms with E-state index in [1.807, 2.05) is 19.1 Å². The van der Waals surface area contributed by atoms with E-state index in [0.29, 0.717) is 5.69 Å². The first-order chi connectivity index (χ1) is 4.72. The zero-order valence-electron chi connectivity index (χ0n) is 5.63. The largest absolute Gasteiger partial charge is 0.390 e. The fraction of sp³-hybridized carbons (Fsp3) is 0.286. The monoisotopic (exact) mass is 201 g/mol. The van der Waals surface area contributed by atoms with Gasteiger partial charge in [-0.15, -0.1) is 0 Å². The van der Waals surface area contributed by atoms with E-state index in [-0.39, 0.29) is 6.61 Å². The molecule has 3 heteroatoms. The summed E-state index contributed by atoms with van der Waals surface area (Å²) in [4.78, 5) is 4.02. The van der Waals surface area contributed by atoms with Gasteiger partial charge in [0.25, 0.3) is 0 Å². The molecule has 0 unspecified atom stereocenters.